The van der Waals surface area contributed by atoms with Crippen LogP contribution in [0.1, 0.15) is 124 Å². The van der Waals surface area contributed by atoms with Gasteiger partial charge in [-0.05, 0) is 104 Å². The standard InChI is InChI=1S/C53H68N2O9/c1-4-27-55(50(59)26-21-37-15-9-10-16-37)49-34-46(54-62-36-38-17-7-6-8-18-38)44-32-39(19-11-13-28-56)43(20-12-14-29-57)51-45-33-42(63-41-22-24-47(60-3)40(31-41)35-58)23-25-48(45)64-53(49,52(44)51)61-30-5-2/h5-8,17-18,22-25,31-33,35,37,39,43,49,51-52,56-57H,2,4,9-16,19-21,26-30,34,36H2,1,3H3. The Morgan fingerprint density at radius 2 is 1.72 bits per heavy atom. The Morgan fingerprint density at radius 3 is 2.44 bits per heavy atom. The number of ether oxygens (including phenoxy) is 4. The second kappa shape index (κ2) is 22.8. The number of allylic oxidation sites excluding steroid dienone is 1. The third-order valence-electron chi connectivity index (χ3n) is 13.9. The van der Waals surface area contributed by atoms with Crippen molar-refractivity contribution in [3.63, 3.8) is 0 Å². The molecule has 4 aliphatic rings. The van der Waals surface area contributed by atoms with Gasteiger partial charge in [-0.2, -0.15) is 0 Å². The molecule has 3 aromatic carbocycles. The molecule has 2 N–H and O–H groups in total. The highest BCUT2D eigenvalue weighted by Gasteiger charge is 2.65. The van der Waals surface area contributed by atoms with Gasteiger partial charge in [-0.15, -0.1) is 6.58 Å². The molecule has 1 heterocycles. The van der Waals surface area contributed by atoms with Crippen LogP contribution in [0.2, 0.25) is 0 Å². The van der Waals surface area contributed by atoms with Gasteiger partial charge in [-0.3, -0.25) is 9.59 Å². The summed E-state index contributed by atoms with van der Waals surface area (Å²) in [7, 11) is 1.53. The Bertz CT molecular complexity index is 2080. The first-order chi connectivity index (χ1) is 31.4. The van der Waals surface area contributed by atoms with Gasteiger partial charge in [0, 0.05) is 44.1 Å². The Kier molecular flexibility index (Phi) is 16.7. The highest BCUT2D eigenvalue weighted by Crippen LogP contribution is 2.62. The lowest BCUT2D eigenvalue weighted by atomic mass is 9.55. The average Bonchev–Trinajstić information content (AvgIpc) is 3.85. The van der Waals surface area contributed by atoms with Gasteiger partial charge in [0.05, 0.1) is 30.9 Å². The maximum absolute atomic E-state index is 14.8. The predicted molar refractivity (Wildman–Crippen MR) is 248 cm³/mol. The van der Waals surface area contributed by atoms with Crippen LogP contribution in [0.3, 0.4) is 0 Å². The average molecular weight is 877 g/mol. The highest BCUT2D eigenvalue weighted by molar-refractivity contribution is 6.03. The number of oxime groups is 1. The number of methoxy groups -OCH3 is 1. The fourth-order valence-corrected chi connectivity index (χ4v) is 10.9. The molecule has 0 aromatic heterocycles. The van der Waals surface area contributed by atoms with E-state index in [4.69, 9.17) is 28.9 Å². The third-order valence-corrected chi connectivity index (χ3v) is 13.9. The van der Waals surface area contributed by atoms with Gasteiger partial charge in [-0.1, -0.05) is 93.1 Å². The number of aliphatic hydroxyl groups is 2. The van der Waals surface area contributed by atoms with Crippen LogP contribution in [-0.4, -0.2) is 78.3 Å². The van der Waals surface area contributed by atoms with Crippen LogP contribution >= 0.6 is 0 Å². The zero-order valence-electron chi connectivity index (χ0n) is 37.8. The van der Waals surface area contributed by atoms with Crippen molar-refractivity contribution >= 4 is 17.9 Å². The van der Waals surface area contributed by atoms with Crippen molar-refractivity contribution in [2.45, 2.75) is 121 Å². The molecule has 0 bridgehead atoms. The SMILES string of the molecule is C=CCOC12Oc3ccc(Oc4ccc(OC)c(C=O)c4)cc3C3C(CCCCO)C(CCCCO)C=C(C(=NOCc4ccccc4)CC1N(CCC)C(=O)CCC1CCCC1)C32. The van der Waals surface area contributed by atoms with E-state index in [2.05, 4.69) is 25.6 Å². The maximum Gasteiger partial charge on any atom is 0.239 e. The van der Waals surface area contributed by atoms with Crippen LogP contribution in [0.15, 0.2) is 96.2 Å². The molecule has 6 atom stereocenters. The second-order valence-electron chi connectivity index (χ2n) is 17.9. The minimum absolute atomic E-state index is 0.0641. The number of carbonyl (C=O) groups excluding carboxylic acids is 2. The number of hydrogen-bond acceptors (Lipinski definition) is 10. The molecule has 11 heteroatoms. The summed E-state index contributed by atoms with van der Waals surface area (Å²) in [6.07, 6.45) is 16.7. The van der Waals surface area contributed by atoms with Gasteiger partial charge in [-0.25, -0.2) is 0 Å². The number of benzene rings is 3. The number of rotatable bonds is 24. The van der Waals surface area contributed by atoms with E-state index in [1.54, 1.807) is 24.3 Å². The molecule has 11 nitrogen and oxygen atoms in total. The van der Waals surface area contributed by atoms with E-state index >= 15 is 0 Å². The first-order valence-corrected chi connectivity index (χ1v) is 23.7. The topological polar surface area (TPSA) is 136 Å². The summed E-state index contributed by atoms with van der Waals surface area (Å²) in [5.74, 6) is 1.04. The van der Waals surface area contributed by atoms with Crippen LogP contribution in [0.4, 0.5) is 0 Å². The molecule has 3 aliphatic carbocycles. The molecular formula is C53H68N2O9. The van der Waals surface area contributed by atoms with Crippen LogP contribution in [0.5, 0.6) is 23.0 Å². The molecule has 0 radical (unpaired) electrons. The Hall–Kier alpha value is -4.97. The molecule has 6 unspecified atom stereocenters. The lowest BCUT2D eigenvalue weighted by molar-refractivity contribution is -0.257. The van der Waals surface area contributed by atoms with Gasteiger partial charge in [0.15, 0.2) is 6.29 Å². The number of hydrogen-bond donors (Lipinski definition) is 2. The largest absolute Gasteiger partial charge is 0.496 e. The summed E-state index contributed by atoms with van der Waals surface area (Å²) in [5, 5.41) is 25.0. The first kappa shape index (κ1) is 47.0. The second-order valence-corrected chi connectivity index (χ2v) is 17.9. The number of nitrogens with zero attached hydrogens (tertiary/aromatic N) is 2. The Balaban J connectivity index is 1.40. The van der Waals surface area contributed by atoms with Crippen molar-refractivity contribution < 1.29 is 43.6 Å². The first-order valence-electron chi connectivity index (χ1n) is 23.7. The Labute approximate surface area is 379 Å². The molecular weight excluding hydrogens is 809 g/mol. The van der Waals surface area contributed by atoms with Crippen LogP contribution < -0.4 is 14.2 Å². The summed E-state index contributed by atoms with van der Waals surface area (Å²) < 4.78 is 26.5. The number of unbranched alkanes of at least 4 members (excludes halogenated alkanes) is 2. The zero-order chi connectivity index (χ0) is 44.9. The number of aldehydes is 1. The molecule has 1 amide bonds. The van der Waals surface area contributed by atoms with E-state index in [1.807, 2.05) is 47.4 Å². The van der Waals surface area contributed by atoms with Crippen molar-refractivity contribution in [2.24, 2.45) is 28.8 Å². The Morgan fingerprint density at radius 1 is 0.969 bits per heavy atom. The highest BCUT2D eigenvalue weighted by atomic mass is 16.7. The van der Waals surface area contributed by atoms with Gasteiger partial charge in [0.25, 0.3) is 0 Å². The van der Waals surface area contributed by atoms with E-state index in [0.717, 1.165) is 67.2 Å². The molecule has 3 aromatic rings. The summed E-state index contributed by atoms with van der Waals surface area (Å²) in [6, 6.07) is 20.5. The maximum atomic E-state index is 14.8. The molecule has 344 valence electrons. The van der Waals surface area contributed by atoms with Crippen molar-refractivity contribution in [1.29, 1.82) is 0 Å². The summed E-state index contributed by atoms with van der Waals surface area (Å²) >= 11 is 0. The number of aliphatic hydroxyl groups excluding tert-OH is 2. The predicted octanol–water partition coefficient (Wildman–Crippen LogP) is 10.3. The lowest BCUT2D eigenvalue weighted by Crippen LogP contribution is -2.70. The smallest absolute Gasteiger partial charge is 0.239 e. The normalized spacial score (nSPS) is 24.2. The quantitative estimate of drug-likeness (QED) is 0.0390. The van der Waals surface area contributed by atoms with Crippen molar-refractivity contribution in [3.8, 4) is 23.0 Å². The third kappa shape index (κ3) is 10.6. The van der Waals surface area contributed by atoms with Gasteiger partial charge < -0.3 is 38.9 Å². The van der Waals surface area contributed by atoms with E-state index in [0.29, 0.717) is 66.7 Å². The molecule has 0 saturated heterocycles. The molecule has 7 rings (SSSR count). The summed E-state index contributed by atoms with van der Waals surface area (Å²) in [6.45, 7) is 7.41. The minimum atomic E-state index is -1.32. The van der Waals surface area contributed by atoms with Crippen LogP contribution in [-0.2, 0) is 21.0 Å². The molecule has 1 aliphatic heterocycles. The van der Waals surface area contributed by atoms with Crippen LogP contribution in [0.25, 0.3) is 0 Å². The number of amides is 1. The monoisotopic (exact) mass is 876 g/mol. The molecule has 64 heavy (non-hydrogen) atoms. The summed E-state index contributed by atoms with van der Waals surface area (Å²) in [5.41, 5.74) is 4.10. The van der Waals surface area contributed by atoms with E-state index in [9.17, 15) is 19.8 Å². The zero-order valence-corrected chi connectivity index (χ0v) is 37.8. The number of fused-ring (bicyclic) bond motifs is 2. The summed E-state index contributed by atoms with van der Waals surface area (Å²) in [4.78, 5) is 35.1. The number of carbonyl (C=O) groups is 2. The van der Waals surface area contributed by atoms with E-state index in [-0.39, 0.29) is 50.1 Å². The van der Waals surface area contributed by atoms with Gasteiger partial charge in [0.1, 0.15) is 35.6 Å². The molecule has 2 fully saturated rings. The molecule has 0 spiro atoms. The van der Waals surface area contributed by atoms with E-state index < -0.39 is 17.7 Å². The minimum Gasteiger partial charge on any atom is -0.496 e. The fourth-order valence-electron chi connectivity index (χ4n) is 10.9. The van der Waals surface area contributed by atoms with Crippen molar-refractivity contribution in [1.82, 2.24) is 4.90 Å². The van der Waals surface area contributed by atoms with Crippen molar-refractivity contribution in [3.05, 3.63) is 108 Å². The fraction of sp³-hybridized carbons (Fsp3) is 0.528. The van der Waals surface area contributed by atoms with E-state index in [1.165, 1.54) is 32.8 Å². The van der Waals surface area contributed by atoms with Crippen LogP contribution in [0, 0.1) is 23.7 Å². The van der Waals surface area contributed by atoms with Crippen molar-refractivity contribution in [2.75, 3.05) is 33.5 Å². The van der Waals surface area contributed by atoms with Gasteiger partial charge in [0.2, 0.25) is 11.7 Å². The molecule has 2 saturated carbocycles. The lowest BCUT2D eigenvalue weighted by Gasteiger charge is -2.60. The van der Waals surface area contributed by atoms with Gasteiger partial charge >= 0.3 is 0 Å².